The number of hydrogen-bond donors (Lipinski definition) is 2. The molecule has 1 unspecified atom stereocenters. The van der Waals surface area contributed by atoms with Gasteiger partial charge in [0, 0.05) is 32.7 Å². The molecule has 1 saturated heterocycles. The molecule has 25 heavy (non-hydrogen) atoms. The molecule has 1 aliphatic heterocycles. The van der Waals surface area contributed by atoms with Crippen molar-refractivity contribution >= 4 is 29.9 Å². The van der Waals surface area contributed by atoms with Crippen LogP contribution < -0.4 is 10.6 Å². The topological polar surface area (TPSA) is 39.7 Å². The normalized spacial score (nSPS) is 21.1. The molecule has 0 bridgehead atoms. The summed E-state index contributed by atoms with van der Waals surface area (Å²) in [6, 6.07) is 5.87. The summed E-state index contributed by atoms with van der Waals surface area (Å²) in [6.07, 6.45) is 4.94. The molecule has 3 rings (SSSR count). The van der Waals surface area contributed by atoms with Crippen LogP contribution in [0, 0.1) is 18.7 Å². The second kappa shape index (κ2) is 9.71. The van der Waals surface area contributed by atoms with Crippen LogP contribution in [0.5, 0.6) is 0 Å². The van der Waals surface area contributed by atoms with E-state index in [0.717, 1.165) is 43.0 Å². The number of nitrogens with one attached hydrogen (secondary N) is 2. The summed E-state index contributed by atoms with van der Waals surface area (Å²) >= 11 is 0. The van der Waals surface area contributed by atoms with Crippen LogP contribution in [0.15, 0.2) is 23.2 Å². The zero-order valence-corrected chi connectivity index (χ0v) is 17.6. The van der Waals surface area contributed by atoms with Crippen molar-refractivity contribution in [3.8, 4) is 0 Å². The van der Waals surface area contributed by atoms with Crippen LogP contribution >= 0.6 is 24.0 Å². The van der Waals surface area contributed by atoms with Crippen LogP contribution in [0.4, 0.5) is 4.39 Å². The Balaban J connectivity index is 0.00000225. The minimum Gasteiger partial charge on any atom is -0.356 e. The van der Waals surface area contributed by atoms with Crippen LogP contribution in [-0.2, 0) is 6.42 Å². The lowest BCUT2D eigenvalue weighted by Crippen LogP contribution is -2.41. The van der Waals surface area contributed by atoms with Crippen molar-refractivity contribution in [2.75, 3.05) is 33.2 Å². The van der Waals surface area contributed by atoms with Crippen molar-refractivity contribution in [3.05, 3.63) is 35.1 Å². The van der Waals surface area contributed by atoms with E-state index >= 15 is 0 Å². The third-order valence-corrected chi connectivity index (χ3v) is 5.15. The van der Waals surface area contributed by atoms with Gasteiger partial charge < -0.3 is 15.5 Å². The molecule has 1 saturated carbocycles. The molecule has 0 amide bonds. The van der Waals surface area contributed by atoms with E-state index in [1.807, 2.05) is 20.0 Å². The predicted molar refractivity (Wildman–Crippen MR) is 112 cm³/mol. The van der Waals surface area contributed by atoms with Gasteiger partial charge in [0.15, 0.2) is 5.96 Å². The van der Waals surface area contributed by atoms with Gasteiger partial charge in [0.1, 0.15) is 5.82 Å². The van der Waals surface area contributed by atoms with E-state index in [1.54, 1.807) is 6.07 Å². The molecule has 2 N–H and O–H groups in total. The Morgan fingerprint density at radius 3 is 2.76 bits per heavy atom. The molecule has 1 heterocycles. The first kappa shape index (κ1) is 20.4. The highest BCUT2D eigenvalue weighted by Gasteiger charge is 2.34. The fourth-order valence-corrected chi connectivity index (χ4v) is 3.52. The first-order chi connectivity index (χ1) is 11.7. The van der Waals surface area contributed by atoms with Crippen LogP contribution in [0.2, 0.25) is 0 Å². The standard InChI is InChI=1S/C19H29FN4.HI/c1-14-11-17(20)4-3-16(14)7-9-22-19(21-2)23-12-15-8-10-24(13-15)18-5-6-18;/h3-4,11,15,18H,5-10,12-13H2,1-2H3,(H2,21,22,23);1H. The van der Waals surface area contributed by atoms with Gasteiger partial charge in [0.25, 0.3) is 0 Å². The lowest BCUT2D eigenvalue weighted by molar-refractivity contribution is 0.314. The van der Waals surface area contributed by atoms with Gasteiger partial charge in [-0.25, -0.2) is 4.39 Å². The summed E-state index contributed by atoms with van der Waals surface area (Å²) in [4.78, 5) is 6.94. The summed E-state index contributed by atoms with van der Waals surface area (Å²) in [6.45, 7) is 6.22. The number of nitrogens with zero attached hydrogens (tertiary/aromatic N) is 2. The van der Waals surface area contributed by atoms with E-state index in [4.69, 9.17) is 0 Å². The molecule has 0 aromatic heterocycles. The van der Waals surface area contributed by atoms with Crippen molar-refractivity contribution in [2.45, 2.75) is 38.6 Å². The largest absolute Gasteiger partial charge is 0.356 e. The molecular formula is C19H30FIN4. The Kier molecular flexibility index (Phi) is 7.93. The van der Waals surface area contributed by atoms with Crippen LogP contribution in [0.1, 0.15) is 30.4 Å². The highest BCUT2D eigenvalue weighted by molar-refractivity contribution is 14.0. The Bertz CT molecular complexity index is 589. The fourth-order valence-electron chi connectivity index (χ4n) is 3.52. The molecule has 140 valence electrons. The molecule has 1 aliphatic carbocycles. The van der Waals surface area contributed by atoms with Gasteiger partial charge in [-0.15, -0.1) is 24.0 Å². The number of aliphatic imine (C=N–C) groups is 1. The number of benzene rings is 1. The quantitative estimate of drug-likeness (QED) is 0.390. The maximum Gasteiger partial charge on any atom is 0.190 e. The summed E-state index contributed by atoms with van der Waals surface area (Å²) in [7, 11) is 1.81. The lowest BCUT2D eigenvalue weighted by atomic mass is 10.1. The van der Waals surface area contributed by atoms with Crippen LogP contribution in [-0.4, -0.2) is 50.1 Å². The second-order valence-corrected chi connectivity index (χ2v) is 7.08. The summed E-state index contributed by atoms with van der Waals surface area (Å²) in [5.74, 6) is 1.42. The molecule has 1 aromatic carbocycles. The van der Waals surface area contributed by atoms with Gasteiger partial charge >= 0.3 is 0 Å². The van der Waals surface area contributed by atoms with Crippen molar-refractivity contribution in [2.24, 2.45) is 10.9 Å². The smallest absolute Gasteiger partial charge is 0.190 e. The maximum absolute atomic E-state index is 13.1. The Morgan fingerprint density at radius 1 is 1.28 bits per heavy atom. The lowest BCUT2D eigenvalue weighted by Gasteiger charge is -2.17. The number of rotatable bonds is 6. The van der Waals surface area contributed by atoms with E-state index < -0.39 is 0 Å². The molecule has 4 nitrogen and oxygen atoms in total. The number of hydrogen-bond acceptors (Lipinski definition) is 2. The SMILES string of the molecule is CN=C(NCCc1ccc(F)cc1C)NCC1CCN(C2CC2)C1.I. The summed E-state index contributed by atoms with van der Waals surface area (Å²) in [5.41, 5.74) is 2.18. The van der Waals surface area contributed by atoms with Crippen molar-refractivity contribution < 1.29 is 4.39 Å². The van der Waals surface area contributed by atoms with Crippen molar-refractivity contribution in [1.29, 1.82) is 0 Å². The first-order valence-electron chi connectivity index (χ1n) is 9.09. The van der Waals surface area contributed by atoms with Crippen LogP contribution in [0.3, 0.4) is 0 Å². The van der Waals surface area contributed by atoms with Crippen molar-refractivity contribution in [3.63, 3.8) is 0 Å². The third-order valence-electron chi connectivity index (χ3n) is 5.15. The maximum atomic E-state index is 13.1. The number of likely N-dealkylation sites (tertiary alicyclic amines) is 1. The number of guanidine groups is 1. The third kappa shape index (κ3) is 6.09. The number of halogens is 2. The average molecular weight is 460 g/mol. The molecular weight excluding hydrogens is 430 g/mol. The van der Waals surface area contributed by atoms with E-state index in [-0.39, 0.29) is 29.8 Å². The van der Waals surface area contributed by atoms with Gasteiger partial charge in [-0.1, -0.05) is 6.07 Å². The summed E-state index contributed by atoms with van der Waals surface area (Å²) in [5, 5.41) is 6.82. The van der Waals surface area contributed by atoms with Gasteiger partial charge in [-0.05, 0) is 68.3 Å². The van der Waals surface area contributed by atoms with Crippen molar-refractivity contribution in [1.82, 2.24) is 15.5 Å². The zero-order valence-electron chi connectivity index (χ0n) is 15.2. The van der Waals surface area contributed by atoms with Gasteiger partial charge in [0.2, 0.25) is 0 Å². The van der Waals surface area contributed by atoms with Gasteiger partial charge in [0.05, 0.1) is 0 Å². The minimum atomic E-state index is -0.168. The Morgan fingerprint density at radius 2 is 2.08 bits per heavy atom. The summed E-state index contributed by atoms with van der Waals surface area (Å²) < 4.78 is 13.1. The van der Waals surface area contributed by atoms with Gasteiger partial charge in [-0.3, -0.25) is 4.99 Å². The predicted octanol–water partition coefficient (Wildman–Crippen LogP) is 2.94. The van der Waals surface area contributed by atoms with E-state index in [0.29, 0.717) is 0 Å². The molecule has 2 aliphatic rings. The van der Waals surface area contributed by atoms with E-state index in [1.165, 1.54) is 44.0 Å². The first-order valence-corrected chi connectivity index (χ1v) is 9.09. The van der Waals surface area contributed by atoms with Crippen LogP contribution in [0.25, 0.3) is 0 Å². The fraction of sp³-hybridized carbons (Fsp3) is 0.632. The molecule has 0 spiro atoms. The Labute approximate surface area is 167 Å². The Hall–Kier alpha value is -0.890. The second-order valence-electron chi connectivity index (χ2n) is 7.08. The minimum absolute atomic E-state index is 0. The molecule has 2 fully saturated rings. The molecule has 1 atom stereocenters. The van der Waals surface area contributed by atoms with E-state index in [9.17, 15) is 4.39 Å². The number of aryl methyl sites for hydroxylation is 1. The molecule has 0 radical (unpaired) electrons. The molecule has 1 aromatic rings. The monoisotopic (exact) mass is 460 g/mol. The average Bonchev–Trinajstić information content (AvgIpc) is 3.31. The van der Waals surface area contributed by atoms with E-state index in [2.05, 4.69) is 20.5 Å². The zero-order chi connectivity index (χ0) is 16.9. The highest BCUT2D eigenvalue weighted by atomic mass is 127. The van der Waals surface area contributed by atoms with Gasteiger partial charge in [-0.2, -0.15) is 0 Å². The highest BCUT2D eigenvalue weighted by Crippen LogP contribution is 2.31. The molecule has 6 heteroatoms.